The summed E-state index contributed by atoms with van der Waals surface area (Å²) < 4.78 is 13.3. The highest BCUT2D eigenvalue weighted by molar-refractivity contribution is 9.10. The Bertz CT molecular complexity index is 354. The van der Waals surface area contributed by atoms with E-state index in [1.165, 1.54) is 12.1 Å². The van der Waals surface area contributed by atoms with E-state index < -0.39 is 11.8 Å². The number of carboxylic acid groups (broad SMARTS) is 1. The van der Waals surface area contributed by atoms with Crippen molar-refractivity contribution in [2.75, 3.05) is 0 Å². The summed E-state index contributed by atoms with van der Waals surface area (Å²) in [5, 5.41) is 8.66. The topological polar surface area (TPSA) is 37.3 Å². The van der Waals surface area contributed by atoms with Crippen molar-refractivity contribution in [2.45, 2.75) is 6.42 Å². The van der Waals surface area contributed by atoms with Gasteiger partial charge in [0.25, 0.3) is 0 Å². The van der Waals surface area contributed by atoms with Gasteiger partial charge in [0.05, 0.1) is 15.9 Å². The lowest BCUT2D eigenvalue weighted by Gasteiger charge is -2.02. The Kier molecular flexibility index (Phi) is 3.27. The Hall–Kier alpha value is -0.610. The summed E-state index contributed by atoms with van der Waals surface area (Å²) >= 11 is 8.51. The third kappa shape index (κ3) is 2.42. The average Bonchev–Trinajstić information content (AvgIpc) is 2.06. The number of rotatable bonds is 2. The molecule has 0 unspecified atom stereocenters. The molecule has 0 aromatic heterocycles. The van der Waals surface area contributed by atoms with Crippen LogP contribution < -0.4 is 0 Å². The van der Waals surface area contributed by atoms with Crippen molar-refractivity contribution in [3.05, 3.63) is 33.0 Å². The second-order valence-corrected chi connectivity index (χ2v) is 3.61. The van der Waals surface area contributed by atoms with Gasteiger partial charge in [-0.25, -0.2) is 4.39 Å². The summed E-state index contributed by atoms with van der Waals surface area (Å²) in [7, 11) is 0. The fourth-order valence-corrected chi connectivity index (χ4v) is 1.40. The summed E-state index contributed by atoms with van der Waals surface area (Å²) in [5.41, 5.74) is 0.115. The van der Waals surface area contributed by atoms with Crippen molar-refractivity contribution >= 4 is 33.5 Å². The molecule has 5 heteroatoms. The molecule has 2 nitrogen and oxygen atoms in total. The molecular weight excluding hydrogens is 262 g/mol. The zero-order valence-corrected chi connectivity index (χ0v) is 8.69. The summed E-state index contributed by atoms with van der Waals surface area (Å²) in [6.07, 6.45) is -0.346. The molecular formula is C8H5BrClFO2. The van der Waals surface area contributed by atoms with Crippen molar-refractivity contribution in [3.8, 4) is 0 Å². The Labute approximate surface area is 87.5 Å². The van der Waals surface area contributed by atoms with Crippen LogP contribution >= 0.6 is 27.5 Å². The molecule has 0 aliphatic heterocycles. The number of hydrogen-bond donors (Lipinski definition) is 1. The van der Waals surface area contributed by atoms with E-state index in [4.69, 9.17) is 16.7 Å². The number of benzene rings is 1. The quantitative estimate of drug-likeness (QED) is 0.837. The van der Waals surface area contributed by atoms with Gasteiger partial charge in [0.1, 0.15) is 5.82 Å². The van der Waals surface area contributed by atoms with Crippen LogP contribution in [0.3, 0.4) is 0 Å². The minimum Gasteiger partial charge on any atom is -0.481 e. The van der Waals surface area contributed by atoms with E-state index in [0.717, 1.165) is 0 Å². The lowest BCUT2D eigenvalue weighted by atomic mass is 10.1. The van der Waals surface area contributed by atoms with Crippen LogP contribution in [-0.2, 0) is 11.2 Å². The van der Waals surface area contributed by atoms with Crippen LogP contribution in [0.4, 0.5) is 4.39 Å². The molecule has 0 saturated carbocycles. The molecule has 0 saturated heterocycles. The van der Waals surface area contributed by atoms with Gasteiger partial charge < -0.3 is 5.11 Å². The molecule has 1 rings (SSSR count). The maximum absolute atomic E-state index is 13.2. The standard InChI is InChI=1S/C8H5BrClFO2/c9-7-5(10)2-1-4(8(7)11)3-6(12)13/h1-2H,3H2,(H,12,13). The predicted molar refractivity (Wildman–Crippen MR) is 50.4 cm³/mol. The smallest absolute Gasteiger partial charge is 0.307 e. The van der Waals surface area contributed by atoms with Crippen LogP contribution in [0.5, 0.6) is 0 Å². The SMILES string of the molecule is O=C(O)Cc1ccc(Cl)c(Br)c1F. The van der Waals surface area contributed by atoms with Crippen LogP contribution in [0.15, 0.2) is 16.6 Å². The molecule has 13 heavy (non-hydrogen) atoms. The first-order valence-corrected chi connectivity index (χ1v) is 4.53. The Morgan fingerprint density at radius 2 is 2.23 bits per heavy atom. The van der Waals surface area contributed by atoms with Gasteiger partial charge in [-0.15, -0.1) is 0 Å². The maximum atomic E-state index is 13.2. The zero-order valence-electron chi connectivity index (χ0n) is 6.35. The largest absolute Gasteiger partial charge is 0.481 e. The molecule has 0 aliphatic carbocycles. The van der Waals surface area contributed by atoms with Gasteiger partial charge in [-0.2, -0.15) is 0 Å². The van der Waals surface area contributed by atoms with Gasteiger partial charge in [-0.3, -0.25) is 4.79 Å². The molecule has 0 bridgehead atoms. The number of hydrogen-bond acceptors (Lipinski definition) is 1. The van der Waals surface area contributed by atoms with E-state index in [-0.39, 0.29) is 21.5 Å². The van der Waals surface area contributed by atoms with E-state index in [9.17, 15) is 9.18 Å². The highest BCUT2D eigenvalue weighted by Crippen LogP contribution is 2.27. The average molecular weight is 267 g/mol. The molecule has 0 fully saturated rings. The van der Waals surface area contributed by atoms with Crippen LogP contribution in [0.2, 0.25) is 5.02 Å². The highest BCUT2D eigenvalue weighted by Gasteiger charge is 2.11. The van der Waals surface area contributed by atoms with E-state index in [1.54, 1.807) is 0 Å². The van der Waals surface area contributed by atoms with Crippen LogP contribution in [0, 0.1) is 5.82 Å². The molecule has 0 heterocycles. The van der Waals surface area contributed by atoms with Crippen molar-refractivity contribution in [3.63, 3.8) is 0 Å². The van der Waals surface area contributed by atoms with Gasteiger partial charge in [0, 0.05) is 5.56 Å². The van der Waals surface area contributed by atoms with E-state index >= 15 is 0 Å². The first kappa shape index (κ1) is 10.5. The first-order valence-electron chi connectivity index (χ1n) is 3.36. The number of carbonyl (C=O) groups is 1. The molecule has 0 radical (unpaired) electrons. The number of halogens is 3. The fourth-order valence-electron chi connectivity index (χ4n) is 0.865. The molecule has 70 valence electrons. The van der Waals surface area contributed by atoms with Gasteiger partial charge in [0.2, 0.25) is 0 Å². The van der Waals surface area contributed by atoms with Crippen molar-refractivity contribution in [2.24, 2.45) is 0 Å². The molecule has 1 N–H and O–H groups in total. The van der Waals surface area contributed by atoms with E-state index in [0.29, 0.717) is 0 Å². The maximum Gasteiger partial charge on any atom is 0.307 e. The molecule has 0 spiro atoms. The third-order valence-electron chi connectivity index (χ3n) is 1.46. The van der Waals surface area contributed by atoms with Crippen LogP contribution in [0.1, 0.15) is 5.56 Å². The van der Waals surface area contributed by atoms with Crippen LogP contribution in [0.25, 0.3) is 0 Å². The lowest BCUT2D eigenvalue weighted by molar-refractivity contribution is -0.136. The zero-order chi connectivity index (χ0) is 10.0. The molecule has 1 aromatic rings. The van der Waals surface area contributed by atoms with Crippen LogP contribution in [-0.4, -0.2) is 11.1 Å². The lowest BCUT2D eigenvalue weighted by Crippen LogP contribution is -2.02. The molecule has 0 atom stereocenters. The highest BCUT2D eigenvalue weighted by atomic mass is 79.9. The monoisotopic (exact) mass is 266 g/mol. The Morgan fingerprint density at radius 3 is 2.77 bits per heavy atom. The van der Waals surface area contributed by atoms with E-state index in [2.05, 4.69) is 15.9 Å². The third-order valence-corrected chi connectivity index (χ3v) is 2.78. The summed E-state index contributed by atoms with van der Waals surface area (Å²) in [5.74, 6) is -1.69. The summed E-state index contributed by atoms with van der Waals surface area (Å²) in [6, 6.07) is 2.81. The second-order valence-electron chi connectivity index (χ2n) is 2.40. The first-order chi connectivity index (χ1) is 6.02. The van der Waals surface area contributed by atoms with Crippen molar-refractivity contribution in [1.29, 1.82) is 0 Å². The molecule has 0 aliphatic rings. The number of carboxylic acids is 1. The molecule has 0 amide bonds. The second kappa shape index (κ2) is 4.07. The Morgan fingerprint density at radius 1 is 1.62 bits per heavy atom. The van der Waals surface area contributed by atoms with E-state index in [1.807, 2.05) is 0 Å². The van der Waals surface area contributed by atoms with Gasteiger partial charge >= 0.3 is 5.97 Å². The van der Waals surface area contributed by atoms with Gasteiger partial charge in [-0.05, 0) is 22.0 Å². The normalized spacial score (nSPS) is 10.1. The Balaban J connectivity index is 3.10. The van der Waals surface area contributed by atoms with Gasteiger partial charge in [0.15, 0.2) is 0 Å². The summed E-state index contributed by atoms with van der Waals surface area (Å²) in [4.78, 5) is 10.3. The summed E-state index contributed by atoms with van der Waals surface area (Å²) in [6.45, 7) is 0. The van der Waals surface area contributed by atoms with Crippen molar-refractivity contribution in [1.82, 2.24) is 0 Å². The minimum atomic E-state index is -1.08. The number of aliphatic carboxylic acids is 1. The predicted octanol–water partition coefficient (Wildman–Crippen LogP) is 2.87. The minimum absolute atomic E-state index is 0.105. The molecule has 1 aromatic carbocycles. The van der Waals surface area contributed by atoms with Gasteiger partial charge in [-0.1, -0.05) is 17.7 Å². The fraction of sp³-hybridized carbons (Fsp3) is 0.125. The van der Waals surface area contributed by atoms with Crippen molar-refractivity contribution < 1.29 is 14.3 Å².